The zero-order valence-electron chi connectivity index (χ0n) is 18.3. The Kier molecular flexibility index (Phi) is 7.24. The number of hydrogen-bond donors (Lipinski definition) is 1. The minimum Gasteiger partial charge on any atom is -0.493 e. The van der Waals surface area contributed by atoms with Gasteiger partial charge in [0, 0.05) is 49.9 Å². The molecular formula is C23H27ClFN5O2. The Balaban J connectivity index is 1.48. The highest BCUT2D eigenvalue weighted by atomic mass is 35.5. The maximum Gasteiger partial charge on any atom is 0.162 e. The molecule has 32 heavy (non-hydrogen) atoms. The van der Waals surface area contributed by atoms with Crippen molar-refractivity contribution in [2.75, 3.05) is 58.8 Å². The summed E-state index contributed by atoms with van der Waals surface area (Å²) >= 11 is 5.91. The highest BCUT2D eigenvalue weighted by molar-refractivity contribution is 6.31. The number of rotatable bonds is 8. The summed E-state index contributed by atoms with van der Waals surface area (Å²) in [6.45, 7) is 5.98. The second kappa shape index (κ2) is 10.3. The molecule has 9 heteroatoms. The Hall–Kier alpha value is -2.68. The maximum absolute atomic E-state index is 13.5. The van der Waals surface area contributed by atoms with Gasteiger partial charge in [0.15, 0.2) is 11.5 Å². The fraction of sp³-hybridized carbons (Fsp3) is 0.391. The van der Waals surface area contributed by atoms with E-state index < -0.39 is 5.82 Å². The van der Waals surface area contributed by atoms with Crippen molar-refractivity contribution >= 4 is 34.0 Å². The number of nitrogens with zero attached hydrogens (tertiary/aromatic N) is 4. The minimum atomic E-state index is -0.471. The third-order valence-electron chi connectivity index (χ3n) is 5.58. The second-order valence-corrected chi connectivity index (χ2v) is 8.25. The van der Waals surface area contributed by atoms with E-state index in [4.69, 9.17) is 21.1 Å². The van der Waals surface area contributed by atoms with Crippen LogP contribution in [0, 0.1) is 5.82 Å². The number of ether oxygens (including phenoxy) is 2. The average Bonchev–Trinajstić information content (AvgIpc) is 2.80. The summed E-state index contributed by atoms with van der Waals surface area (Å²) in [5, 5.41) is 3.99. The van der Waals surface area contributed by atoms with E-state index in [1.807, 2.05) is 12.1 Å². The van der Waals surface area contributed by atoms with E-state index in [1.165, 1.54) is 18.5 Å². The number of fused-ring (bicyclic) bond motifs is 1. The van der Waals surface area contributed by atoms with Crippen LogP contribution in [0.1, 0.15) is 6.42 Å². The molecule has 1 fully saturated rings. The van der Waals surface area contributed by atoms with Crippen molar-refractivity contribution in [2.45, 2.75) is 6.42 Å². The first kappa shape index (κ1) is 22.5. The van der Waals surface area contributed by atoms with E-state index in [0.29, 0.717) is 35.1 Å². The van der Waals surface area contributed by atoms with Crippen molar-refractivity contribution in [3.8, 4) is 11.5 Å². The molecule has 0 atom stereocenters. The van der Waals surface area contributed by atoms with E-state index in [9.17, 15) is 4.39 Å². The summed E-state index contributed by atoms with van der Waals surface area (Å²) in [4.78, 5) is 13.5. The normalized spacial score (nSPS) is 15.1. The molecule has 4 rings (SSSR count). The summed E-state index contributed by atoms with van der Waals surface area (Å²) in [5.74, 6) is 1.35. The molecule has 2 heterocycles. The molecule has 0 spiro atoms. The highest BCUT2D eigenvalue weighted by Crippen LogP contribution is 2.35. The van der Waals surface area contributed by atoms with Gasteiger partial charge in [0.1, 0.15) is 18.0 Å². The standard InChI is InChI=1S/C23H27ClFN5O2/c1-29-7-9-30(10-8-29)6-3-11-32-22-13-17-20(14-21(22)31-2)26-15-27-23(17)28-16-4-5-19(25)18(24)12-16/h4-5,12-15H,3,6-11H2,1-2H3,(H,26,27,28). The van der Waals surface area contributed by atoms with Gasteiger partial charge in [-0.15, -0.1) is 0 Å². The number of nitrogens with one attached hydrogen (secondary N) is 1. The lowest BCUT2D eigenvalue weighted by Gasteiger charge is -2.32. The molecule has 2 aromatic carbocycles. The van der Waals surface area contributed by atoms with E-state index >= 15 is 0 Å². The number of likely N-dealkylation sites (N-methyl/N-ethyl adjacent to an activating group) is 1. The number of benzene rings is 2. The maximum atomic E-state index is 13.5. The predicted octanol–water partition coefficient (Wildman–Crippen LogP) is 4.19. The van der Waals surface area contributed by atoms with E-state index in [0.717, 1.165) is 44.5 Å². The number of piperazine rings is 1. The van der Waals surface area contributed by atoms with Gasteiger partial charge in [-0.2, -0.15) is 0 Å². The van der Waals surface area contributed by atoms with Gasteiger partial charge in [0.25, 0.3) is 0 Å². The van der Waals surface area contributed by atoms with Crippen LogP contribution < -0.4 is 14.8 Å². The van der Waals surface area contributed by atoms with Crippen LogP contribution in [0.25, 0.3) is 10.9 Å². The highest BCUT2D eigenvalue weighted by Gasteiger charge is 2.15. The Morgan fingerprint density at radius 3 is 2.66 bits per heavy atom. The first-order chi connectivity index (χ1) is 15.5. The Bertz CT molecular complexity index is 1080. The summed E-state index contributed by atoms with van der Waals surface area (Å²) in [6.07, 6.45) is 2.39. The molecule has 0 radical (unpaired) electrons. The number of anilines is 2. The number of halogens is 2. The number of hydrogen-bond acceptors (Lipinski definition) is 7. The molecule has 1 aliphatic rings. The zero-order valence-corrected chi connectivity index (χ0v) is 19.0. The molecular weight excluding hydrogens is 433 g/mol. The predicted molar refractivity (Wildman–Crippen MR) is 125 cm³/mol. The fourth-order valence-corrected chi connectivity index (χ4v) is 3.87. The van der Waals surface area contributed by atoms with Gasteiger partial charge in [-0.25, -0.2) is 14.4 Å². The van der Waals surface area contributed by atoms with Crippen LogP contribution in [-0.4, -0.2) is 73.3 Å². The molecule has 0 unspecified atom stereocenters. The van der Waals surface area contributed by atoms with Crippen LogP contribution >= 0.6 is 11.6 Å². The van der Waals surface area contributed by atoms with E-state index in [-0.39, 0.29) is 5.02 Å². The van der Waals surface area contributed by atoms with Gasteiger partial charge in [-0.3, -0.25) is 0 Å². The second-order valence-electron chi connectivity index (χ2n) is 7.84. The van der Waals surface area contributed by atoms with Crippen LogP contribution in [0.15, 0.2) is 36.7 Å². The van der Waals surface area contributed by atoms with Gasteiger partial charge >= 0.3 is 0 Å². The Labute approximate surface area is 192 Å². The molecule has 1 aliphatic heterocycles. The quantitative estimate of drug-likeness (QED) is 0.507. The molecule has 7 nitrogen and oxygen atoms in total. The number of methoxy groups -OCH3 is 1. The summed E-state index contributed by atoms with van der Waals surface area (Å²) in [7, 11) is 3.77. The summed E-state index contributed by atoms with van der Waals surface area (Å²) < 4.78 is 25.1. The van der Waals surface area contributed by atoms with Gasteiger partial charge in [0.05, 0.1) is 24.3 Å². The monoisotopic (exact) mass is 459 g/mol. The molecule has 1 N–H and O–H groups in total. The smallest absolute Gasteiger partial charge is 0.162 e. The molecule has 1 aromatic heterocycles. The lowest BCUT2D eigenvalue weighted by Crippen LogP contribution is -2.44. The summed E-state index contributed by atoms with van der Waals surface area (Å²) in [6, 6.07) is 8.14. The molecule has 0 saturated carbocycles. The molecule has 0 aliphatic carbocycles. The summed E-state index contributed by atoms with van der Waals surface area (Å²) in [5.41, 5.74) is 1.33. The number of aromatic nitrogens is 2. The minimum absolute atomic E-state index is 0.0411. The topological polar surface area (TPSA) is 62.8 Å². The molecule has 0 amide bonds. The zero-order chi connectivity index (χ0) is 22.5. The van der Waals surface area contributed by atoms with Crippen molar-refractivity contribution in [1.82, 2.24) is 19.8 Å². The van der Waals surface area contributed by atoms with Crippen molar-refractivity contribution < 1.29 is 13.9 Å². The Morgan fingerprint density at radius 1 is 1.09 bits per heavy atom. The van der Waals surface area contributed by atoms with Crippen LogP contribution in [0.3, 0.4) is 0 Å². The molecule has 1 saturated heterocycles. The average molecular weight is 460 g/mol. The van der Waals surface area contributed by atoms with Crippen molar-refractivity contribution in [2.24, 2.45) is 0 Å². The van der Waals surface area contributed by atoms with Gasteiger partial charge in [0.2, 0.25) is 0 Å². The van der Waals surface area contributed by atoms with Gasteiger partial charge in [-0.1, -0.05) is 11.6 Å². The third kappa shape index (κ3) is 5.38. The third-order valence-corrected chi connectivity index (χ3v) is 5.86. The molecule has 3 aromatic rings. The first-order valence-corrected chi connectivity index (χ1v) is 11.0. The van der Waals surface area contributed by atoms with Crippen molar-refractivity contribution in [3.05, 3.63) is 47.5 Å². The van der Waals surface area contributed by atoms with Crippen LogP contribution in [0.4, 0.5) is 15.9 Å². The SMILES string of the molecule is COc1cc2ncnc(Nc3ccc(F)c(Cl)c3)c2cc1OCCCN1CCN(C)CC1. The van der Waals surface area contributed by atoms with Crippen molar-refractivity contribution in [3.63, 3.8) is 0 Å². The first-order valence-electron chi connectivity index (χ1n) is 10.6. The van der Waals surface area contributed by atoms with Crippen LogP contribution in [0.5, 0.6) is 11.5 Å². The van der Waals surface area contributed by atoms with Crippen molar-refractivity contribution in [1.29, 1.82) is 0 Å². The van der Waals surface area contributed by atoms with E-state index in [1.54, 1.807) is 13.2 Å². The lowest BCUT2D eigenvalue weighted by molar-refractivity contribution is 0.145. The van der Waals surface area contributed by atoms with Gasteiger partial charge < -0.3 is 24.6 Å². The fourth-order valence-electron chi connectivity index (χ4n) is 3.69. The van der Waals surface area contributed by atoms with Crippen LogP contribution in [-0.2, 0) is 0 Å². The Morgan fingerprint density at radius 2 is 1.91 bits per heavy atom. The lowest BCUT2D eigenvalue weighted by atomic mass is 10.2. The molecule has 0 bridgehead atoms. The largest absolute Gasteiger partial charge is 0.493 e. The van der Waals surface area contributed by atoms with Gasteiger partial charge in [-0.05, 0) is 37.7 Å². The molecule has 170 valence electrons. The van der Waals surface area contributed by atoms with E-state index in [2.05, 4.69) is 32.1 Å². The van der Waals surface area contributed by atoms with Crippen LogP contribution in [0.2, 0.25) is 5.02 Å².